The highest BCUT2D eigenvalue weighted by Crippen LogP contribution is 2.28. The first-order chi connectivity index (χ1) is 9.45. The molecule has 1 aliphatic rings. The van der Waals surface area contributed by atoms with Crippen molar-refractivity contribution in [3.63, 3.8) is 0 Å². The van der Waals surface area contributed by atoms with Crippen LogP contribution >= 0.6 is 0 Å². The van der Waals surface area contributed by atoms with Crippen LogP contribution in [0.2, 0.25) is 0 Å². The Balaban J connectivity index is 2.55. The molecule has 5 nitrogen and oxygen atoms in total. The predicted octanol–water partition coefficient (Wildman–Crippen LogP) is 1.27. The van der Waals surface area contributed by atoms with Gasteiger partial charge in [-0.2, -0.15) is 0 Å². The summed E-state index contributed by atoms with van der Waals surface area (Å²) in [6.07, 6.45) is 0.408. The Labute approximate surface area is 115 Å². The van der Waals surface area contributed by atoms with Gasteiger partial charge in [-0.3, -0.25) is 19.7 Å². The monoisotopic (exact) mass is 278 g/mol. The molecular formula is C14H15FN2O3. The SMILES string of the molecule is CCC1C(=O)NC(=O)CN1c1c(F)cccc1C(C)=O. The van der Waals surface area contributed by atoms with Crippen molar-refractivity contribution in [1.29, 1.82) is 0 Å². The average Bonchev–Trinajstić information content (AvgIpc) is 2.37. The number of piperazine rings is 1. The Morgan fingerprint density at radius 3 is 2.75 bits per heavy atom. The van der Waals surface area contributed by atoms with Gasteiger partial charge < -0.3 is 4.90 Å². The molecule has 0 radical (unpaired) electrons. The molecule has 0 aromatic heterocycles. The lowest BCUT2D eigenvalue weighted by atomic mass is 10.0. The van der Waals surface area contributed by atoms with Crippen LogP contribution in [0.4, 0.5) is 10.1 Å². The molecule has 1 unspecified atom stereocenters. The van der Waals surface area contributed by atoms with Crippen LogP contribution in [-0.2, 0) is 9.59 Å². The van der Waals surface area contributed by atoms with Crippen molar-refractivity contribution in [1.82, 2.24) is 5.32 Å². The molecule has 20 heavy (non-hydrogen) atoms. The minimum absolute atomic E-state index is 0.0232. The van der Waals surface area contributed by atoms with Crippen LogP contribution in [0, 0.1) is 5.82 Å². The van der Waals surface area contributed by atoms with Gasteiger partial charge in [0.15, 0.2) is 5.78 Å². The van der Waals surface area contributed by atoms with Gasteiger partial charge in [0.25, 0.3) is 0 Å². The van der Waals surface area contributed by atoms with Crippen LogP contribution in [-0.4, -0.2) is 30.2 Å². The second-order valence-corrected chi connectivity index (χ2v) is 4.66. The number of nitrogens with zero attached hydrogens (tertiary/aromatic N) is 1. The van der Waals surface area contributed by atoms with E-state index >= 15 is 0 Å². The fourth-order valence-corrected chi connectivity index (χ4v) is 2.40. The van der Waals surface area contributed by atoms with Crippen LogP contribution in [0.5, 0.6) is 0 Å². The van der Waals surface area contributed by atoms with E-state index in [2.05, 4.69) is 5.32 Å². The molecule has 1 aromatic carbocycles. The zero-order valence-electron chi connectivity index (χ0n) is 11.3. The Morgan fingerprint density at radius 2 is 2.15 bits per heavy atom. The Hall–Kier alpha value is -2.24. The van der Waals surface area contributed by atoms with Gasteiger partial charge in [-0.25, -0.2) is 4.39 Å². The zero-order valence-corrected chi connectivity index (χ0v) is 11.3. The number of hydrogen-bond acceptors (Lipinski definition) is 4. The topological polar surface area (TPSA) is 66.5 Å². The number of anilines is 1. The molecule has 0 saturated carbocycles. The molecule has 1 N–H and O–H groups in total. The van der Waals surface area contributed by atoms with Gasteiger partial charge in [-0.1, -0.05) is 13.0 Å². The lowest BCUT2D eigenvalue weighted by Crippen LogP contribution is -2.58. The maximum Gasteiger partial charge on any atom is 0.249 e. The number of carbonyl (C=O) groups excluding carboxylic acids is 3. The van der Waals surface area contributed by atoms with Crippen LogP contribution in [0.25, 0.3) is 0 Å². The summed E-state index contributed by atoms with van der Waals surface area (Å²) < 4.78 is 14.1. The third-order valence-electron chi connectivity index (χ3n) is 3.30. The van der Waals surface area contributed by atoms with E-state index in [1.807, 2.05) is 0 Å². The van der Waals surface area contributed by atoms with Crippen molar-refractivity contribution in [3.05, 3.63) is 29.6 Å². The molecular weight excluding hydrogens is 263 g/mol. The summed E-state index contributed by atoms with van der Waals surface area (Å²) in [5, 5.41) is 2.22. The van der Waals surface area contributed by atoms with E-state index in [1.54, 1.807) is 6.92 Å². The van der Waals surface area contributed by atoms with E-state index in [4.69, 9.17) is 0 Å². The first-order valence-corrected chi connectivity index (χ1v) is 6.35. The van der Waals surface area contributed by atoms with Crippen molar-refractivity contribution in [3.8, 4) is 0 Å². The Morgan fingerprint density at radius 1 is 1.45 bits per heavy atom. The normalized spacial score (nSPS) is 18.9. The second-order valence-electron chi connectivity index (χ2n) is 4.66. The molecule has 2 amide bonds. The zero-order chi connectivity index (χ0) is 14.9. The molecule has 0 aliphatic carbocycles. The number of amides is 2. The number of nitrogens with one attached hydrogen (secondary N) is 1. The molecule has 2 rings (SSSR count). The number of ketones is 1. The fraction of sp³-hybridized carbons (Fsp3) is 0.357. The molecule has 0 bridgehead atoms. The first-order valence-electron chi connectivity index (χ1n) is 6.35. The fourth-order valence-electron chi connectivity index (χ4n) is 2.40. The van der Waals surface area contributed by atoms with E-state index in [1.165, 1.54) is 30.0 Å². The van der Waals surface area contributed by atoms with Crippen molar-refractivity contribution in [2.24, 2.45) is 0 Å². The van der Waals surface area contributed by atoms with Crippen LogP contribution in [0.3, 0.4) is 0 Å². The van der Waals surface area contributed by atoms with E-state index < -0.39 is 23.7 Å². The van der Waals surface area contributed by atoms with Crippen molar-refractivity contribution < 1.29 is 18.8 Å². The molecule has 106 valence electrons. The third kappa shape index (κ3) is 2.41. The summed E-state index contributed by atoms with van der Waals surface area (Å²) in [6.45, 7) is 2.94. The lowest BCUT2D eigenvalue weighted by molar-refractivity contribution is -0.132. The number of para-hydroxylation sites is 1. The number of Topliss-reactive ketones (excluding diaryl/α,β-unsaturated/α-hetero) is 1. The van der Waals surface area contributed by atoms with Gasteiger partial charge in [-0.05, 0) is 25.5 Å². The number of imide groups is 1. The maximum atomic E-state index is 14.1. The highest BCUT2D eigenvalue weighted by atomic mass is 19.1. The third-order valence-corrected chi connectivity index (χ3v) is 3.30. The summed E-state index contributed by atoms with van der Waals surface area (Å²) in [5.41, 5.74) is 0.195. The van der Waals surface area contributed by atoms with Gasteiger partial charge in [-0.15, -0.1) is 0 Å². The summed E-state index contributed by atoms with van der Waals surface area (Å²) in [5.74, 6) is -1.90. The molecule has 1 saturated heterocycles. The first kappa shape index (κ1) is 14.2. The van der Waals surface area contributed by atoms with Gasteiger partial charge in [0.1, 0.15) is 11.9 Å². The van der Waals surface area contributed by atoms with Gasteiger partial charge in [0.05, 0.1) is 12.2 Å². The van der Waals surface area contributed by atoms with E-state index in [0.29, 0.717) is 6.42 Å². The minimum Gasteiger partial charge on any atom is -0.347 e. The molecule has 1 atom stereocenters. The molecule has 0 spiro atoms. The Bertz CT molecular complexity index is 586. The average molecular weight is 278 g/mol. The molecule has 1 heterocycles. The quantitative estimate of drug-likeness (QED) is 0.668. The lowest BCUT2D eigenvalue weighted by Gasteiger charge is -2.36. The van der Waals surface area contributed by atoms with Crippen LogP contribution in [0.1, 0.15) is 30.6 Å². The van der Waals surface area contributed by atoms with Crippen LogP contribution < -0.4 is 10.2 Å². The van der Waals surface area contributed by atoms with Crippen molar-refractivity contribution in [2.45, 2.75) is 26.3 Å². The number of hydrogen-bond donors (Lipinski definition) is 1. The number of carbonyl (C=O) groups is 3. The molecule has 1 aromatic rings. The Kier molecular flexibility index (Phi) is 3.83. The largest absolute Gasteiger partial charge is 0.347 e. The summed E-state index contributed by atoms with van der Waals surface area (Å²) >= 11 is 0. The maximum absolute atomic E-state index is 14.1. The van der Waals surface area contributed by atoms with Gasteiger partial charge in [0, 0.05) is 5.56 Å². The highest BCUT2D eigenvalue weighted by Gasteiger charge is 2.35. The van der Waals surface area contributed by atoms with E-state index in [0.717, 1.165) is 0 Å². The summed E-state index contributed by atoms with van der Waals surface area (Å²) in [6, 6.07) is 3.47. The van der Waals surface area contributed by atoms with Gasteiger partial charge >= 0.3 is 0 Å². The predicted molar refractivity (Wildman–Crippen MR) is 71.0 cm³/mol. The standard InChI is InChI=1S/C14H15FN2O3/c1-3-11-14(20)16-12(19)7-17(11)13-9(8(2)18)5-4-6-10(13)15/h4-6,11H,3,7H2,1-2H3,(H,16,19,20). The van der Waals surface area contributed by atoms with E-state index in [9.17, 15) is 18.8 Å². The van der Waals surface area contributed by atoms with Gasteiger partial charge in [0.2, 0.25) is 11.8 Å². The second kappa shape index (κ2) is 5.40. The van der Waals surface area contributed by atoms with Crippen LogP contribution in [0.15, 0.2) is 18.2 Å². The smallest absolute Gasteiger partial charge is 0.249 e. The molecule has 6 heteroatoms. The number of halogens is 1. The van der Waals surface area contributed by atoms with E-state index in [-0.39, 0.29) is 23.6 Å². The van der Waals surface area contributed by atoms with Crippen molar-refractivity contribution in [2.75, 3.05) is 11.4 Å². The number of benzene rings is 1. The molecule has 1 aliphatic heterocycles. The summed E-state index contributed by atoms with van der Waals surface area (Å²) in [7, 11) is 0. The molecule has 1 fully saturated rings. The number of rotatable bonds is 3. The summed E-state index contributed by atoms with van der Waals surface area (Å²) in [4.78, 5) is 36.4. The minimum atomic E-state index is -0.664. The van der Waals surface area contributed by atoms with Crippen molar-refractivity contribution >= 4 is 23.3 Å². The highest BCUT2D eigenvalue weighted by molar-refractivity contribution is 6.07.